The molecule has 35 heavy (non-hydrogen) atoms. The third kappa shape index (κ3) is 4.57. The van der Waals surface area contributed by atoms with Crippen LogP contribution in [0, 0.1) is 5.82 Å². The van der Waals surface area contributed by atoms with Crippen molar-refractivity contribution in [3.8, 4) is 28.5 Å². The molecule has 0 bridgehead atoms. The fourth-order valence-electron chi connectivity index (χ4n) is 3.37. The first kappa shape index (κ1) is 24.2. The molecule has 0 saturated heterocycles. The lowest BCUT2D eigenvalue weighted by Crippen LogP contribution is -2.15. The second-order valence-corrected chi connectivity index (χ2v) is 9.15. The number of methoxy groups -OCH3 is 3. The number of nitrogen functional groups attached to an aromatic ring is 1. The number of anilines is 2. The Bertz CT molecular complexity index is 1550. The molecule has 0 atom stereocenters. The average molecular weight is 520 g/mol. The molecule has 182 valence electrons. The van der Waals surface area contributed by atoms with Crippen LogP contribution in [0.1, 0.15) is 0 Å². The zero-order valence-electron chi connectivity index (χ0n) is 18.7. The first-order valence-electron chi connectivity index (χ1n) is 9.89. The van der Waals surface area contributed by atoms with E-state index in [-0.39, 0.29) is 55.7 Å². The van der Waals surface area contributed by atoms with Gasteiger partial charge in [-0.1, -0.05) is 23.7 Å². The zero-order valence-corrected chi connectivity index (χ0v) is 20.2. The number of aromatic nitrogens is 3. The van der Waals surface area contributed by atoms with E-state index in [0.29, 0.717) is 5.39 Å². The van der Waals surface area contributed by atoms with Crippen molar-refractivity contribution in [2.24, 2.45) is 0 Å². The van der Waals surface area contributed by atoms with Crippen LogP contribution in [-0.4, -0.2) is 44.7 Å². The number of benzene rings is 2. The molecule has 4 rings (SSSR count). The highest BCUT2D eigenvalue weighted by atomic mass is 35.5. The third-order valence-electron chi connectivity index (χ3n) is 5.01. The van der Waals surface area contributed by atoms with E-state index < -0.39 is 15.8 Å². The van der Waals surface area contributed by atoms with Crippen LogP contribution in [0.3, 0.4) is 0 Å². The monoisotopic (exact) mass is 519 g/mol. The minimum atomic E-state index is -4.32. The van der Waals surface area contributed by atoms with E-state index in [2.05, 4.69) is 19.7 Å². The number of fused-ring (bicyclic) bond motifs is 1. The highest BCUT2D eigenvalue weighted by Crippen LogP contribution is 2.38. The summed E-state index contributed by atoms with van der Waals surface area (Å²) in [7, 11) is -0.278. The Labute approximate surface area is 204 Å². The molecule has 0 radical (unpaired) electrons. The predicted octanol–water partition coefficient (Wildman–Crippen LogP) is 3.89. The number of hydrogen-bond donors (Lipinski definition) is 2. The van der Waals surface area contributed by atoms with Gasteiger partial charge < -0.3 is 19.9 Å². The Morgan fingerprint density at radius 3 is 2.43 bits per heavy atom. The van der Waals surface area contributed by atoms with Crippen LogP contribution in [-0.2, 0) is 10.0 Å². The summed E-state index contributed by atoms with van der Waals surface area (Å²) in [6.45, 7) is 0. The molecule has 0 aliphatic rings. The molecule has 13 heteroatoms. The van der Waals surface area contributed by atoms with Gasteiger partial charge in [-0.3, -0.25) is 4.72 Å². The topological polar surface area (TPSA) is 139 Å². The molecule has 0 fully saturated rings. The van der Waals surface area contributed by atoms with Gasteiger partial charge in [-0.25, -0.2) is 17.8 Å². The maximum Gasteiger partial charge on any atom is 0.265 e. The van der Waals surface area contributed by atoms with Gasteiger partial charge in [-0.2, -0.15) is 9.97 Å². The van der Waals surface area contributed by atoms with Crippen molar-refractivity contribution in [2.75, 3.05) is 31.8 Å². The second kappa shape index (κ2) is 9.39. The van der Waals surface area contributed by atoms with E-state index in [9.17, 15) is 8.42 Å². The van der Waals surface area contributed by atoms with Crippen molar-refractivity contribution < 1.29 is 27.0 Å². The molecule has 0 spiro atoms. The van der Waals surface area contributed by atoms with Gasteiger partial charge in [0.25, 0.3) is 10.0 Å². The van der Waals surface area contributed by atoms with Gasteiger partial charge in [0.1, 0.15) is 16.4 Å². The molecule has 0 aliphatic carbocycles. The van der Waals surface area contributed by atoms with E-state index >= 15 is 4.39 Å². The van der Waals surface area contributed by atoms with Crippen molar-refractivity contribution >= 4 is 44.3 Å². The summed E-state index contributed by atoms with van der Waals surface area (Å²) in [4.78, 5) is 11.9. The Balaban J connectivity index is 1.80. The largest absolute Gasteiger partial charge is 0.495 e. The summed E-state index contributed by atoms with van der Waals surface area (Å²) in [6, 6.07) is 8.27. The highest BCUT2D eigenvalue weighted by molar-refractivity contribution is 7.92. The lowest BCUT2D eigenvalue weighted by atomic mass is 10.0. The van der Waals surface area contributed by atoms with Gasteiger partial charge in [0.15, 0.2) is 11.5 Å². The number of hydrogen-bond acceptors (Lipinski definition) is 9. The number of nitrogens with one attached hydrogen (secondary N) is 1. The molecule has 10 nitrogen and oxygen atoms in total. The summed E-state index contributed by atoms with van der Waals surface area (Å²) >= 11 is 6.11. The van der Waals surface area contributed by atoms with E-state index in [1.807, 2.05) is 0 Å². The Hall–Kier alpha value is -3.90. The number of pyridine rings is 1. The van der Waals surface area contributed by atoms with Gasteiger partial charge in [0.05, 0.1) is 32.0 Å². The number of halogens is 2. The van der Waals surface area contributed by atoms with Crippen molar-refractivity contribution in [1.82, 2.24) is 15.0 Å². The first-order valence-corrected chi connectivity index (χ1v) is 11.7. The highest BCUT2D eigenvalue weighted by Gasteiger charge is 2.25. The second-order valence-electron chi connectivity index (χ2n) is 7.10. The lowest BCUT2D eigenvalue weighted by Gasteiger charge is -2.16. The van der Waals surface area contributed by atoms with E-state index in [0.717, 1.165) is 6.07 Å². The van der Waals surface area contributed by atoms with Gasteiger partial charge in [0, 0.05) is 28.8 Å². The first-order chi connectivity index (χ1) is 16.7. The standard InChI is InChI=1S/C22H19ClFN5O5S/c1-32-16-9-17(33-2)18(8-14(16)23)35(30,31)29-15-6-4-5-12(19(15)24)13-7-11-10-26-22(25)28-20(11)27-21(13)34-3/h4-10,29H,1-3H3,(H2,25,26,27,28). The summed E-state index contributed by atoms with van der Waals surface area (Å²) in [5.74, 6) is -0.577. The number of nitrogens with two attached hydrogens (primary N) is 1. The molecule has 3 N–H and O–H groups in total. The molecule has 2 heterocycles. The number of ether oxygens (including phenoxy) is 3. The number of rotatable bonds is 7. The summed E-state index contributed by atoms with van der Waals surface area (Å²) in [5.41, 5.74) is 5.86. The molecular formula is C22H19ClFN5O5S. The fraction of sp³-hybridized carbons (Fsp3) is 0.136. The molecular weight excluding hydrogens is 501 g/mol. The summed E-state index contributed by atoms with van der Waals surface area (Å²) in [5, 5.41) is 0.524. The van der Waals surface area contributed by atoms with E-state index in [1.165, 1.54) is 51.8 Å². The maximum absolute atomic E-state index is 15.6. The fourth-order valence-corrected chi connectivity index (χ4v) is 4.91. The Kier molecular flexibility index (Phi) is 6.50. The maximum atomic E-state index is 15.6. The van der Waals surface area contributed by atoms with E-state index in [4.69, 9.17) is 31.5 Å². The molecule has 0 amide bonds. The van der Waals surface area contributed by atoms with Crippen LogP contribution in [0.5, 0.6) is 17.4 Å². The Morgan fingerprint density at radius 2 is 1.74 bits per heavy atom. The quantitative estimate of drug-likeness (QED) is 0.372. The Morgan fingerprint density at radius 1 is 1.00 bits per heavy atom. The minimum Gasteiger partial charge on any atom is -0.495 e. The van der Waals surface area contributed by atoms with Crippen molar-refractivity contribution in [3.05, 3.63) is 53.4 Å². The SMILES string of the molecule is COc1cc(OC)c(S(=O)(=O)Nc2cccc(-c3cc4cnc(N)nc4nc3OC)c2F)cc1Cl. The van der Waals surface area contributed by atoms with E-state index in [1.54, 1.807) is 6.07 Å². The zero-order chi connectivity index (χ0) is 25.3. The number of sulfonamides is 1. The molecule has 4 aromatic rings. The summed E-state index contributed by atoms with van der Waals surface area (Å²) in [6.07, 6.45) is 1.44. The van der Waals surface area contributed by atoms with Gasteiger partial charge >= 0.3 is 0 Å². The normalized spacial score (nSPS) is 11.3. The van der Waals surface area contributed by atoms with Crippen molar-refractivity contribution in [1.29, 1.82) is 0 Å². The molecule has 2 aromatic heterocycles. The van der Waals surface area contributed by atoms with Crippen LogP contribution in [0.2, 0.25) is 5.02 Å². The lowest BCUT2D eigenvalue weighted by molar-refractivity contribution is 0.386. The molecule has 2 aromatic carbocycles. The van der Waals surface area contributed by atoms with Gasteiger partial charge in [-0.15, -0.1) is 0 Å². The molecule has 0 aliphatic heterocycles. The van der Waals surface area contributed by atoms with Crippen molar-refractivity contribution in [3.63, 3.8) is 0 Å². The van der Waals surface area contributed by atoms with Crippen LogP contribution in [0.25, 0.3) is 22.2 Å². The molecule has 0 saturated carbocycles. The average Bonchev–Trinajstić information content (AvgIpc) is 2.84. The third-order valence-corrected chi connectivity index (χ3v) is 6.69. The van der Waals surface area contributed by atoms with Gasteiger partial charge in [0.2, 0.25) is 11.8 Å². The van der Waals surface area contributed by atoms with Crippen LogP contribution >= 0.6 is 11.6 Å². The smallest absolute Gasteiger partial charge is 0.265 e. The van der Waals surface area contributed by atoms with Crippen LogP contribution < -0.4 is 24.7 Å². The van der Waals surface area contributed by atoms with Crippen LogP contribution in [0.4, 0.5) is 16.0 Å². The minimum absolute atomic E-state index is 0.0245. The number of nitrogens with zero attached hydrogens (tertiary/aromatic N) is 3. The van der Waals surface area contributed by atoms with Crippen LogP contribution in [0.15, 0.2) is 47.5 Å². The van der Waals surface area contributed by atoms with Gasteiger partial charge in [-0.05, 0) is 18.2 Å². The molecule has 0 unspecified atom stereocenters. The summed E-state index contributed by atoms with van der Waals surface area (Å²) < 4.78 is 59.7. The van der Waals surface area contributed by atoms with Crippen molar-refractivity contribution in [2.45, 2.75) is 4.90 Å². The predicted molar refractivity (Wildman–Crippen MR) is 129 cm³/mol.